The molecule has 0 aliphatic carbocycles. The molecule has 0 fully saturated rings. The number of H-pyrrole nitrogens is 2. The van der Waals surface area contributed by atoms with E-state index in [0.717, 1.165) is 17.6 Å². The molecule has 6 N–H and O–H groups in total. The number of pyridine rings is 2. The Labute approximate surface area is 526 Å². The van der Waals surface area contributed by atoms with E-state index in [1.54, 1.807) is 83.3 Å². The molecule has 496 valence electrons. The van der Waals surface area contributed by atoms with Crippen molar-refractivity contribution in [1.29, 1.82) is 0 Å². The lowest BCUT2D eigenvalue weighted by molar-refractivity contribution is -0.191. The molecular weight excluding hydrogens is 1120 g/mol. The van der Waals surface area contributed by atoms with Gasteiger partial charge in [-0.1, -0.05) is 186 Å². The van der Waals surface area contributed by atoms with Crippen molar-refractivity contribution in [3.8, 4) is 0 Å². The molecular formula is C69H110N4O15. The van der Waals surface area contributed by atoms with Crippen LogP contribution in [0.4, 0.5) is 11.4 Å². The van der Waals surface area contributed by atoms with Crippen LogP contribution in [-0.2, 0) is 47.7 Å². The Balaban J connectivity index is -0.000000119. The minimum Gasteiger partial charge on any atom is -0.500 e. The fraction of sp³-hybridized carbons (Fsp3) is 0.420. The third kappa shape index (κ3) is 46.2. The maximum Gasteiger partial charge on any atom is 0.373 e. The topological polar surface area (TPSA) is 290 Å². The van der Waals surface area contributed by atoms with E-state index in [-0.39, 0.29) is 91.2 Å². The zero-order valence-corrected chi connectivity index (χ0v) is 51.0. The van der Waals surface area contributed by atoms with Gasteiger partial charge in [0, 0.05) is 51.8 Å². The number of benzene rings is 4. The molecule has 2 aromatic heterocycles. The van der Waals surface area contributed by atoms with Gasteiger partial charge in [-0.2, -0.15) is 9.59 Å². The van der Waals surface area contributed by atoms with Crippen LogP contribution in [0.3, 0.4) is 0 Å². The largest absolute Gasteiger partial charge is 0.500 e. The van der Waals surface area contributed by atoms with E-state index in [1.165, 1.54) is 38.1 Å². The highest BCUT2D eigenvalue weighted by Crippen LogP contribution is 2.11. The number of para-hydroxylation sites is 4. The number of carbonyl (C=O) groups excluding carboxylic acids is 6. The van der Waals surface area contributed by atoms with Crippen LogP contribution in [0, 0.1) is 0 Å². The number of carbonyl (C=O) groups is 5. The summed E-state index contributed by atoms with van der Waals surface area (Å²) < 4.78 is 24.0. The summed E-state index contributed by atoms with van der Waals surface area (Å²) in [6.45, 7) is 28.9. The highest BCUT2D eigenvalue weighted by atomic mass is 16.6. The zero-order valence-electron chi connectivity index (χ0n) is 51.0. The summed E-state index contributed by atoms with van der Waals surface area (Å²) in [4.78, 5) is 102. The van der Waals surface area contributed by atoms with Crippen LogP contribution in [0.25, 0.3) is 21.8 Å². The van der Waals surface area contributed by atoms with Crippen molar-refractivity contribution in [2.24, 2.45) is 0 Å². The van der Waals surface area contributed by atoms with Gasteiger partial charge >= 0.3 is 36.0 Å². The van der Waals surface area contributed by atoms with E-state index in [2.05, 4.69) is 80.1 Å². The van der Waals surface area contributed by atoms with Crippen LogP contribution in [0.1, 0.15) is 187 Å². The van der Waals surface area contributed by atoms with E-state index in [0.29, 0.717) is 47.0 Å². The summed E-state index contributed by atoms with van der Waals surface area (Å²) in [7, 11) is 0. The highest BCUT2D eigenvalue weighted by Gasteiger charge is 2.21. The van der Waals surface area contributed by atoms with E-state index >= 15 is 0 Å². The third-order valence-electron chi connectivity index (χ3n) is 8.57. The fourth-order valence-corrected chi connectivity index (χ4v) is 5.31. The molecule has 19 nitrogen and oxygen atoms in total. The quantitative estimate of drug-likeness (QED) is 0.0129. The van der Waals surface area contributed by atoms with Crippen molar-refractivity contribution in [1.82, 2.24) is 9.97 Å². The second kappa shape index (κ2) is 67.0. The number of carboxylic acid groups (broad SMARTS) is 1. The number of aromatic carboxylic acids is 1. The van der Waals surface area contributed by atoms with E-state index in [1.807, 2.05) is 73.7 Å². The molecule has 0 saturated carbocycles. The van der Waals surface area contributed by atoms with Gasteiger partial charge in [0.1, 0.15) is 17.4 Å². The predicted molar refractivity (Wildman–Crippen MR) is 363 cm³/mol. The van der Waals surface area contributed by atoms with Gasteiger partial charge in [0.15, 0.2) is 5.57 Å². The molecule has 6 rings (SSSR count). The average Bonchev–Trinajstić information content (AvgIpc) is 3.52. The number of rotatable bonds is 14. The number of anilines is 2. The number of nitrogens with two attached hydrogens (primary N) is 1. The first-order valence-electron chi connectivity index (χ1n) is 27.6. The summed E-state index contributed by atoms with van der Waals surface area (Å²) in [5, 5.41) is 12.7. The summed E-state index contributed by atoms with van der Waals surface area (Å²) in [6, 6.07) is 33.0. The van der Waals surface area contributed by atoms with E-state index < -0.39 is 29.3 Å². The first-order chi connectivity index (χ1) is 39.8. The molecule has 88 heavy (non-hydrogen) atoms. The highest BCUT2D eigenvalue weighted by molar-refractivity contribution is 6.13. The van der Waals surface area contributed by atoms with Gasteiger partial charge in [-0.05, 0) is 89.6 Å². The van der Waals surface area contributed by atoms with E-state index in [4.69, 9.17) is 34.6 Å². The van der Waals surface area contributed by atoms with Gasteiger partial charge in [0.2, 0.25) is 10.9 Å². The molecule has 4 aromatic carbocycles. The Bertz CT molecular complexity index is 2870. The minimum atomic E-state index is -1.21. The Kier molecular flexibility index (Phi) is 74.7. The lowest BCUT2D eigenvalue weighted by Gasteiger charge is -2.06. The Morgan fingerprint density at radius 2 is 0.841 bits per heavy atom. The predicted octanol–water partition coefficient (Wildman–Crippen LogP) is 16.5. The van der Waals surface area contributed by atoms with Crippen LogP contribution in [0.5, 0.6) is 0 Å². The molecule has 0 amide bonds. The molecule has 0 bridgehead atoms. The molecule has 0 saturated heterocycles. The molecule has 0 spiro atoms. The molecule has 0 aliphatic heterocycles. The molecule has 19 heteroatoms. The normalized spacial score (nSPS) is 8.64. The number of nitrogens with one attached hydrogen (secondary N) is 3. The van der Waals surface area contributed by atoms with Crippen molar-refractivity contribution in [2.75, 3.05) is 44.1 Å². The summed E-state index contributed by atoms with van der Waals surface area (Å²) >= 11 is 0. The summed E-state index contributed by atoms with van der Waals surface area (Å²) in [5.74, 6) is -3.52. The van der Waals surface area contributed by atoms with Crippen LogP contribution in [0.15, 0.2) is 155 Å². The Morgan fingerprint density at radius 1 is 0.500 bits per heavy atom. The molecule has 0 unspecified atom stereocenters. The van der Waals surface area contributed by atoms with Crippen molar-refractivity contribution < 1.29 is 62.4 Å². The van der Waals surface area contributed by atoms with Crippen molar-refractivity contribution >= 4 is 69.2 Å². The van der Waals surface area contributed by atoms with Crippen LogP contribution in [0.2, 0.25) is 0 Å². The van der Waals surface area contributed by atoms with Crippen molar-refractivity contribution in [3.63, 3.8) is 0 Å². The average molecular weight is 1240 g/mol. The molecule has 0 radical (unpaired) electrons. The van der Waals surface area contributed by atoms with Crippen molar-refractivity contribution in [3.05, 3.63) is 177 Å². The third-order valence-corrected chi connectivity index (χ3v) is 8.57. The monoisotopic (exact) mass is 1230 g/mol. The standard InChI is InChI=1S/C13H17NO2.C12H11NO3.C10H7NO3.C10H16O5.C6H7N.4C3H8.CO2.5CH4/c1-3-11(13(15)16-4-2)10-14-12-8-6-5-7-9-12;1-2-16-12(15)9-7-13-10-6-4-3-5-8(10)11(9)14;12-9-6-3-1-2-4-8(6)11-5-7(9)10(13)14;1-4-13-7-8(9(11)14-5-2)10(12)15-6-3;7-6-4-2-1-3-5-6;4*1-3-2;2-1-3;;;;;/h5-10,14H,3-4H2,1-2H3;3-7H,2H2,1H3,(H,13,14);1-5H,(H,11,12)(H,13,14);7H,4-6H2,1-3H3;1-5H,7H2;4*3H2,1-2H3;;5*1H4/b11-10-;;;;;;;;;;;;;;. The zero-order chi connectivity index (χ0) is 63.8. The van der Waals surface area contributed by atoms with Crippen LogP contribution < -0.4 is 21.9 Å². The number of aromatic amines is 2. The molecule has 2 heterocycles. The summed E-state index contributed by atoms with van der Waals surface area (Å²) in [6.07, 6.45) is 11.3. The van der Waals surface area contributed by atoms with Gasteiger partial charge in [0.05, 0.1) is 38.6 Å². The number of carboxylic acids is 1. The van der Waals surface area contributed by atoms with Gasteiger partial charge in [-0.3, -0.25) is 9.59 Å². The maximum absolute atomic E-state index is 11.9. The molecule has 0 aliphatic rings. The Hall–Kier alpha value is -9.09. The van der Waals surface area contributed by atoms with Crippen LogP contribution in [-0.4, -0.2) is 84.1 Å². The van der Waals surface area contributed by atoms with Crippen LogP contribution >= 0.6 is 0 Å². The molecule has 0 atom stereocenters. The first-order valence-corrected chi connectivity index (χ1v) is 27.6. The number of hydrogen-bond donors (Lipinski definition) is 5. The lowest BCUT2D eigenvalue weighted by atomic mass is 10.1. The van der Waals surface area contributed by atoms with E-state index in [9.17, 15) is 33.6 Å². The summed E-state index contributed by atoms with van der Waals surface area (Å²) in [5.41, 5.74) is 7.97. The van der Waals surface area contributed by atoms with Gasteiger partial charge in [-0.25, -0.2) is 24.0 Å². The second-order valence-electron chi connectivity index (χ2n) is 16.2. The smallest absolute Gasteiger partial charge is 0.373 e. The van der Waals surface area contributed by atoms with Crippen molar-refractivity contribution in [2.45, 2.75) is 166 Å². The maximum atomic E-state index is 11.9. The van der Waals surface area contributed by atoms with Gasteiger partial charge in [-0.15, -0.1) is 0 Å². The number of esters is 4. The number of aromatic nitrogens is 2. The number of hydrogen-bond acceptors (Lipinski definition) is 16. The lowest BCUT2D eigenvalue weighted by Crippen LogP contribution is -2.18. The fourth-order valence-electron chi connectivity index (χ4n) is 5.31. The SMILES string of the molecule is C.C.C.C.C.CCC.CCC.CCC.CCC.CCOC(=O)/C(=C\Nc1ccccc1)CC.CCOC(=O)c1c[nH]c2ccccc2c1=O.CCOC=C(C(=O)OCC)C(=O)OCC.Nc1ccccc1.O=C(O)c1c[nH]c2ccccc2c1=O.O=C=O. The number of ether oxygens (including phenoxy) is 5. The first kappa shape index (κ1) is 98.0. The van der Waals surface area contributed by atoms with Gasteiger partial charge in [0.25, 0.3) is 0 Å². The Morgan fingerprint density at radius 3 is 1.18 bits per heavy atom. The number of fused-ring (bicyclic) bond motifs is 2. The molecule has 6 aromatic rings. The second-order valence-corrected chi connectivity index (χ2v) is 16.2. The number of nitrogen functional groups attached to an aromatic ring is 1. The minimum absolute atomic E-state index is 0. The van der Waals surface area contributed by atoms with Gasteiger partial charge < -0.3 is 49.8 Å².